The molecular formula is C52H36N4O. The standard InChI is InChI=1S/C52H36N4O/c1-3-4-24-42-34(2)57-49-43(26-15-27-46(42)49)39-21-13-20-37(31-39)38-29-30-45-44-25-11-12-28-47(44)56(48(45)33-38)41-23-14-22-40(32-41)52-54-50(35-16-7-5-8-17-35)53-51(55-52)36-18-9-6-10-19-36/h3-33H,1H2,2H3/b24-4-. The first-order valence-corrected chi connectivity index (χ1v) is 19.1. The molecule has 3 heterocycles. The Morgan fingerprint density at radius 3 is 1.82 bits per heavy atom. The lowest BCUT2D eigenvalue weighted by atomic mass is 9.97. The molecule has 0 N–H and O–H groups in total. The highest BCUT2D eigenvalue weighted by molar-refractivity contribution is 6.10. The molecule has 0 fully saturated rings. The summed E-state index contributed by atoms with van der Waals surface area (Å²) in [5.74, 6) is 2.78. The number of para-hydroxylation sites is 2. The number of aryl methyl sites for hydroxylation is 1. The highest BCUT2D eigenvalue weighted by Gasteiger charge is 2.18. The van der Waals surface area contributed by atoms with Gasteiger partial charge in [-0.2, -0.15) is 0 Å². The number of benzene rings is 7. The van der Waals surface area contributed by atoms with E-state index in [-0.39, 0.29) is 0 Å². The molecule has 0 amide bonds. The van der Waals surface area contributed by atoms with Crippen molar-refractivity contribution in [1.29, 1.82) is 0 Å². The predicted octanol–water partition coefficient (Wildman–Crippen LogP) is 13.6. The maximum absolute atomic E-state index is 6.38. The maximum Gasteiger partial charge on any atom is 0.164 e. The Morgan fingerprint density at radius 1 is 0.491 bits per heavy atom. The fourth-order valence-corrected chi connectivity index (χ4v) is 7.87. The number of furan rings is 1. The zero-order valence-electron chi connectivity index (χ0n) is 31.3. The molecule has 0 atom stereocenters. The van der Waals surface area contributed by atoms with Crippen LogP contribution in [-0.4, -0.2) is 19.5 Å². The fraction of sp³-hybridized carbons (Fsp3) is 0.0192. The summed E-state index contributed by atoms with van der Waals surface area (Å²) in [7, 11) is 0. The van der Waals surface area contributed by atoms with E-state index in [0.29, 0.717) is 17.5 Å². The van der Waals surface area contributed by atoms with E-state index < -0.39 is 0 Å². The molecule has 5 heteroatoms. The van der Waals surface area contributed by atoms with E-state index in [1.165, 1.54) is 10.8 Å². The lowest BCUT2D eigenvalue weighted by Crippen LogP contribution is -2.01. The third-order valence-corrected chi connectivity index (χ3v) is 10.6. The Kier molecular flexibility index (Phi) is 8.46. The van der Waals surface area contributed by atoms with Gasteiger partial charge in [0.25, 0.3) is 0 Å². The largest absolute Gasteiger partial charge is 0.460 e. The zero-order valence-corrected chi connectivity index (χ0v) is 31.3. The number of fused-ring (bicyclic) bond motifs is 4. The van der Waals surface area contributed by atoms with E-state index in [4.69, 9.17) is 19.4 Å². The molecule has 7 aromatic carbocycles. The van der Waals surface area contributed by atoms with Gasteiger partial charge >= 0.3 is 0 Å². The zero-order chi connectivity index (χ0) is 38.3. The Hall–Kier alpha value is -7.63. The number of hydrogen-bond donors (Lipinski definition) is 0. The number of hydrogen-bond acceptors (Lipinski definition) is 4. The summed E-state index contributed by atoms with van der Waals surface area (Å²) in [5.41, 5.74) is 12.4. The predicted molar refractivity (Wildman–Crippen MR) is 235 cm³/mol. The van der Waals surface area contributed by atoms with Gasteiger partial charge in [-0.1, -0.05) is 164 Å². The van der Waals surface area contributed by atoms with Crippen molar-refractivity contribution in [1.82, 2.24) is 19.5 Å². The fourth-order valence-electron chi connectivity index (χ4n) is 7.87. The molecule has 10 rings (SSSR count). The summed E-state index contributed by atoms with van der Waals surface area (Å²) in [5, 5.41) is 3.47. The van der Waals surface area contributed by atoms with Crippen LogP contribution in [0.25, 0.3) is 101 Å². The van der Waals surface area contributed by atoms with Crippen molar-refractivity contribution < 1.29 is 4.42 Å². The highest BCUT2D eigenvalue weighted by Crippen LogP contribution is 2.39. The van der Waals surface area contributed by atoms with Crippen molar-refractivity contribution in [2.75, 3.05) is 0 Å². The van der Waals surface area contributed by atoms with Gasteiger partial charge in [-0.05, 0) is 53.9 Å². The summed E-state index contributed by atoms with van der Waals surface area (Å²) in [6.45, 7) is 5.86. The van der Waals surface area contributed by atoms with Crippen LogP contribution in [0.15, 0.2) is 193 Å². The molecule has 5 nitrogen and oxygen atoms in total. The van der Waals surface area contributed by atoms with Gasteiger partial charge in [-0.15, -0.1) is 0 Å². The van der Waals surface area contributed by atoms with Gasteiger partial charge in [-0.25, -0.2) is 15.0 Å². The topological polar surface area (TPSA) is 56.7 Å². The lowest BCUT2D eigenvalue weighted by molar-refractivity contribution is 0.578. The van der Waals surface area contributed by atoms with Crippen LogP contribution in [0.4, 0.5) is 0 Å². The van der Waals surface area contributed by atoms with Crippen molar-refractivity contribution >= 4 is 38.9 Å². The normalized spacial score (nSPS) is 11.6. The van der Waals surface area contributed by atoms with Gasteiger partial charge < -0.3 is 8.98 Å². The van der Waals surface area contributed by atoms with Crippen LogP contribution in [0.2, 0.25) is 0 Å². The van der Waals surface area contributed by atoms with E-state index >= 15 is 0 Å². The Morgan fingerprint density at radius 2 is 1.07 bits per heavy atom. The molecule has 0 spiro atoms. The van der Waals surface area contributed by atoms with Gasteiger partial charge in [0.2, 0.25) is 0 Å². The molecule has 0 aliphatic rings. The maximum atomic E-state index is 6.38. The number of aromatic nitrogens is 4. The molecule has 10 aromatic rings. The van der Waals surface area contributed by atoms with Gasteiger partial charge in [0.1, 0.15) is 11.3 Å². The van der Waals surface area contributed by atoms with Crippen LogP contribution >= 0.6 is 0 Å². The summed E-state index contributed by atoms with van der Waals surface area (Å²) in [6.07, 6.45) is 5.80. The minimum absolute atomic E-state index is 0.619. The SMILES string of the molecule is C=C/C=C\c1c(C)oc2c(-c3cccc(-c4ccc5c6ccccc6n(-c6cccc(-c7nc(-c8ccccc8)nc(-c8ccccc8)n7)c6)c5c4)c3)cccc12. The second-order valence-corrected chi connectivity index (χ2v) is 14.1. The van der Waals surface area contributed by atoms with E-state index in [0.717, 1.165) is 78.0 Å². The molecule has 0 radical (unpaired) electrons. The quantitative estimate of drug-likeness (QED) is 0.146. The van der Waals surface area contributed by atoms with Crippen molar-refractivity contribution in [2.24, 2.45) is 0 Å². The van der Waals surface area contributed by atoms with E-state index in [2.05, 4.69) is 126 Å². The van der Waals surface area contributed by atoms with Crippen LogP contribution in [0.5, 0.6) is 0 Å². The van der Waals surface area contributed by atoms with Crippen molar-refractivity contribution in [3.8, 4) is 62.1 Å². The van der Waals surface area contributed by atoms with E-state index in [9.17, 15) is 0 Å². The first kappa shape index (κ1) is 33.9. The number of allylic oxidation sites excluding steroid dienone is 2. The van der Waals surface area contributed by atoms with Crippen molar-refractivity contribution in [3.63, 3.8) is 0 Å². The average Bonchev–Trinajstić information content (AvgIpc) is 3.79. The molecule has 0 saturated carbocycles. The molecule has 3 aromatic heterocycles. The molecule has 270 valence electrons. The third-order valence-electron chi connectivity index (χ3n) is 10.6. The second-order valence-electron chi connectivity index (χ2n) is 14.1. The van der Waals surface area contributed by atoms with Crippen LogP contribution in [-0.2, 0) is 0 Å². The van der Waals surface area contributed by atoms with Crippen LogP contribution in [0.1, 0.15) is 11.3 Å². The monoisotopic (exact) mass is 732 g/mol. The Balaban J connectivity index is 1.10. The minimum atomic E-state index is 0.619. The van der Waals surface area contributed by atoms with Gasteiger partial charge in [0.05, 0.1) is 11.0 Å². The van der Waals surface area contributed by atoms with Gasteiger partial charge in [0.15, 0.2) is 17.5 Å². The lowest BCUT2D eigenvalue weighted by Gasteiger charge is -2.12. The molecule has 0 aliphatic carbocycles. The Labute approximate surface area is 330 Å². The molecule has 57 heavy (non-hydrogen) atoms. The summed E-state index contributed by atoms with van der Waals surface area (Å²) in [6, 6.07) is 59.1. The second kappa shape index (κ2) is 14.2. The summed E-state index contributed by atoms with van der Waals surface area (Å²) >= 11 is 0. The Bertz CT molecular complexity index is 3100. The molecule has 0 unspecified atom stereocenters. The molecular weight excluding hydrogens is 697 g/mol. The summed E-state index contributed by atoms with van der Waals surface area (Å²) < 4.78 is 8.73. The molecule has 0 saturated heterocycles. The van der Waals surface area contributed by atoms with Gasteiger partial charge in [-0.3, -0.25) is 0 Å². The summed E-state index contributed by atoms with van der Waals surface area (Å²) in [4.78, 5) is 15.0. The minimum Gasteiger partial charge on any atom is -0.460 e. The van der Waals surface area contributed by atoms with Crippen molar-refractivity contribution in [2.45, 2.75) is 6.92 Å². The van der Waals surface area contributed by atoms with Crippen LogP contribution < -0.4 is 0 Å². The van der Waals surface area contributed by atoms with Crippen LogP contribution in [0.3, 0.4) is 0 Å². The van der Waals surface area contributed by atoms with Gasteiger partial charge in [0, 0.05) is 49.7 Å². The number of nitrogens with zero attached hydrogens (tertiary/aromatic N) is 4. The molecule has 0 aliphatic heterocycles. The van der Waals surface area contributed by atoms with E-state index in [1.807, 2.05) is 73.7 Å². The molecule has 0 bridgehead atoms. The smallest absolute Gasteiger partial charge is 0.164 e. The van der Waals surface area contributed by atoms with E-state index in [1.54, 1.807) is 6.08 Å². The van der Waals surface area contributed by atoms with Crippen molar-refractivity contribution in [3.05, 3.63) is 200 Å². The third kappa shape index (κ3) is 6.12. The first-order chi connectivity index (χ1) is 28.1. The first-order valence-electron chi connectivity index (χ1n) is 19.1. The number of rotatable bonds is 8. The average molecular weight is 733 g/mol. The highest BCUT2D eigenvalue weighted by atomic mass is 16.3. The van der Waals surface area contributed by atoms with Crippen LogP contribution in [0, 0.1) is 6.92 Å².